The number of rotatable bonds is 2. The lowest BCUT2D eigenvalue weighted by atomic mass is 10.1. The third-order valence-electron chi connectivity index (χ3n) is 2.57. The summed E-state index contributed by atoms with van der Waals surface area (Å²) in [6.07, 6.45) is 1.95. The first kappa shape index (κ1) is 14.4. The van der Waals surface area contributed by atoms with Crippen molar-refractivity contribution < 1.29 is 4.39 Å². The number of nitrogens with zero attached hydrogens (tertiary/aromatic N) is 2. The molecule has 3 heteroatoms. The molecule has 0 N–H and O–H groups in total. The Labute approximate surface area is 108 Å². The van der Waals surface area contributed by atoms with Crippen molar-refractivity contribution in [2.45, 2.75) is 40.7 Å². The second-order valence-corrected chi connectivity index (χ2v) is 4.21. The predicted molar refractivity (Wildman–Crippen MR) is 74.1 cm³/mol. The highest BCUT2D eigenvalue weighted by Crippen LogP contribution is 2.25. The lowest BCUT2D eigenvalue weighted by molar-refractivity contribution is 0.533. The van der Waals surface area contributed by atoms with Gasteiger partial charge in [-0.15, -0.1) is 0 Å². The molecule has 2 rings (SSSR count). The van der Waals surface area contributed by atoms with Crippen LogP contribution in [-0.2, 0) is 0 Å². The van der Waals surface area contributed by atoms with Crippen molar-refractivity contribution in [1.82, 2.24) is 9.78 Å². The maximum Gasteiger partial charge on any atom is 0.132 e. The van der Waals surface area contributed by atoms with Gasteiger partial charge in [-0.3, -0.25) is 4.68 Å². The molecular weight excluding hydrogens is 227 g/mol. The number of hydrogen-bond acceptors (Lipinski definition) is 1. The Hall–Kier alpha value is -1.64. The molecular formula is C15H21FN2. The molecule has 18 heavy (non-hydrogen) atoms. The van der Waals surface area contributed by atoms with E-state index in [4.69, 9.17) is 0 Å². The number of halogens is 1. The largest absolute Gasteiger partial charge is 0.269 e. The molecule has 0 aliphatic rings. The number of hydrogen-bond donors (Lipinski definition) is 0. The van der Waals surface area contributed by atoms with Gasteiger partial charge in [0.25, 0.3) is 0 Å². The summed E-state index contributed by atoms with van der Waals surface area (Å²) in [6.45, 7) is 10.1. The van der Waals surface area contributed by atoms with Crippen LogP contribution >= 0.6 is 0 Å². The second kappa shape index (κ2) is 6.34. The highest BCUT2D eigenvalue weighted by atomic mass is 19.1. The minimum atomic E-state index is -0.223. The lowest BCUT2D eigenvalue weighted by Gasteiger charge is -2.04. The third kappa shape index (κ3) is 2.97. The molecule has 0 radical (unpaired) electrons. The summed E-state index contributed by atoms with van der Waals surface area (Å²) in [6, 6.07) is 7.03. The smallest absolute Gasteiger partial charge is 0.132 e. The molecule has 0 fully saturated rings. The van der Waals surface area contributed by atoms with Crippen molar-refractivity contribution in [1.29, 1.82) is 0 Å². The second-order valence-electron chi connectivity index (χ2n) is 4.21. The number of aryl methyl sites for hydroxylation is 1. The van der Waals surface area contributed by atoms with E-state index < -0.39 is 0 Å². The summed E-state index contributed by atoms with van der Waals surface area (Å²) in [5.41, 5.74) is 2.30. The summed E-state index contributed by atoms with van der Waals surface area (Å²) in [5.74, 6) is -0.223. The van der Waals surface area contributed by atoms with Crippen LogP contribution < -0.4 is 0 Å². The van der Waals surface area contributed by atoms with Crippen molar-refractivity contribution in [2.75, 3.05) is 0 Å². The average Bonchev–Trinajstić information content (AvgIpc) is 2.75. The van der Waals surface area contributed by atoms with E-state index in [0.29, 0.717) is 11.6 Å². The molecule has 0 atom stereocenters. The minimum Gasteiger partial charge on any atom is -0.269 e. The van der Waals surface area contributed by atoms with Gasteiger partial charge in [0.1, 0.15) is 5.82 Å². The van der Waals surface area contributed by atoms with E-state index in [-0.39, 0.29) is 5.82 Å². The molecule has 0 saturated carbocycles. The van der Waals surface area contributed by atoms with Gasteiger partial charge in [0.05, 0.1) is 5.69 Å². The fourth-order valence-electron chi connectivity index (χ4n) is 1.67. The first-order chi connectivity index (χ1) is 8.59. The Kier molecular flexibility index (Phi) is 5.08. The van der Waals surface area contributed by atoms with Crippen LogP contribution in [0.5, 0.6) is 0 Å². The molecule has 0 spiro atoms. The summed E-state index contributed by atoms with van der Waals surface area (Å²) < 4.78 is 15.5. The van der Waals surface area contributed by atoms with Gasteiger partial charge >= 0.3 is 0 Å². The molecule has 0 amide bonds. The zero-order chi connectivity index (χ0) is 13.7. The van der Waals surface area contributed by atoms with Crippen molar-refractivity contribution >= 4 is 0 Å². The minimum absolute atomic E-state index is 0.223. The fourth-order valence-corrected chi connectivity index (χ4v) is 1.67. The standard InChI is InChI=1S/C13H15FN2.C2H6/c1-9(2)16-8-10(3)13(15-16)11-6-4-5-7-12(11)14;1-2/h4-9H,1-3H3;1-2H3. The van der Waals surface area contributed by atoms with Crippen molar-refractivity contribution in [3.05, 3.63) is 41.8 Å². The molecule has 1 aromatic carbocycles. The summed E-state index contributed by atoms with van der Waals surface area (Å²) in [4.78, 5) is 0. The monoisotopic (exact) mass is 248 g/mol. The van der Waals surface area contributed by atoms with Crippen LogP contribution in [0.4, 0.5) is 4.39 Å². The first-order valence-corrected chi connectivity index (χ1v) is 6.40. The lowest BCUT2D eigenvalue weighted by Crippen LogP contribution is -2.00. The highest BCUT2D eigenvalue weighted by molar-refractivity contribution is 5.62. The van der Waals surface area contributed by atoms with Gasteiger partial charge in [-0.25, -0.2) is 4.39 Å². The van der Waals surface area contributed by atoms with E-state index in [1.165, 1.54) is 6.07 Å². The van der Waals surface area contributed by atoms with E-state index in [2.05, 4.69) is 18.9 Å². The number of benzene rings is 1. The molecule has 1 aromatic heterocycles. The van der Waals surface area contributed by atoms with Crippen LogP contribution in [0.2, 0.25) is 0 Å². The third-order valence-corrected chi connectivity index (χ3v) is 2.57. The van der Waals surface area contributed by atoms with E-state index in [1.54, 1.807) is 12.1 Å². The SMILES string of the molecule is CC.Cc1cn(C(C)C)nc1-c1ccccc1F. The van der Waals surface area contributed by atoms with Crippen LogP contribution in [0.1, 0.15) is 39.3 Å². The van der Waals surface area contributed by atoms with E-state index in [9.17, 15) is 4.39 Å². The maximum absolute atomic E-state index is 13.6. The van der Waals surface area contributed by atoms with Gasteiger partial charge in [-0.1, -0.05) is 26.0 Å². The van der Waals surface area contributed by atoms with Gasteiger partial charge in [-0.05, 0) is 38.5 Å². The molecule has 0 aliphatic heterocycles. The zero-order valence-corrected chi connectivity index (χ0v) is 11.7. The van der Waals surface area contributed by atoms with E-state index >= 15 is 0 Å². The van der Waals surface area contributed by atoms with Crippen LogP contribution in [0.3, 0.4) is 0 Å². The quantitative estimate of drug-likeness (QED) is 0.759. The zero-order valence-electron chi connectivity index (χ0n) is 11.7. The Morgan fingerprint density at radius 3 is 2.28 bits per heavy atom. The van der Waals surface area contributed by atoms with Gasteiger partial charge in [0.2, 0.25) is 0 Å². The van der Waals surface area contributed by atoms with Crippen molar-refractivity contribution in [3.63, 3.8) is 0 Å². The fraction of sp³-hybridized carbons (Fsp3) is 0.400. The van der Waals surface area contributed by atoms with Gasteiger partial charge in [0, 0.05) is 17.8 Å². The molecule has 98 valence electrons. The number of aromatic nitrogens is 2. The molecule has 2 aromatic rings. The predicted octanol–water partition coefficient (Wildman–Crippen LogP) is 4.60. The van der Waals surface area contributed by atoms with Crippen LogP contribution in [0.15, 0.2) is 30.5 Å². The summed E-state index contributed by atoms with van der Waals surface area (Å²) in [5, 5.41) is 4.42. The molecule has 0 bridgehead atoms. The molecule has 1 heterocycles. The molecule has 0 saturated heterocycles. The van der Waals surface area contributed by atoms with Crippen molar-refractivity contribution in [3.8, 4) is 11.3 Å². The molecule has 2 nitrogen and oxygen atoms in total. The van der Waals surface area contributed by atoms with Crippen LogP contribution in [0, 0.1) is 12.7 Å². The normalized spacial score (nSPS) is 10.2. The van der Waals surface area contributed by atoms with Gasteiger partial charge in [0.15, 0.2) is 0 Å². The summed E-state index contributed by atoms with van der Waals surface area (Å²) >= 11 is 0. The Balaban J connectivity index is 0.000000771. The molecule has 0 aliphatic carbocycles. The maximum atomic E-state index is 13.6. The summed E-state index contributed by atoms with van der Waals surface area (Å²) in [7, 11) is 0. The van der Waals surface area contributed by atoms with Crippen molar-refractivity contribution in [2.24, 2.45) is 0 Å². The molecule has 0 unspecified atom stereocenters. The Morgan fingerprint density at radius 1 is 1.17 bits per heavy atom. The Bertz CT molecular complexity index is 501. The first-order valence-electron chi connectivity index (χ1n) is 6.40. The highest BCUT2D eigenvalue weighted by Gasteiger charge is 2.12. The van der Waals surface area contributed by atoms with E-state index in [0.717, 1.165) is 11.3 Å². The topological polar surface area (TPSA) is 17.8 Å². The van der Waals surface area contributed by atoms with E-state index in [1.807, 2.05) is 37.7 Å². The average molecular weight is 248 g/mol. The Morgan fingerprint density at radius 2 is 1.78 bits per heavy atom. The van der Waals surface area contributed by atoms with Gasteiger partial charge < -0.3 is 0 Å². The van der Waals surface area contributed by atoms with Crippen LogP contribution in [0.25, 0.3) is 11.3 Å². The van der Waals surface area contributed by atoms with Gasteiger partial charge in [-0.2, -0.15) is 5.10 Å². The van der Waals surface area contributed by atoms with Crippen LogP contribution in [-0.4, -0.2) is 9.78 Å².